The molecule has 0 bridgehead atoms. The van der Waals surface area contributed by atoms with Gasteiger partial charge in [-0.15, -0.1) is 0 Å². The van der Waals surface area contributed by atoms with Crippen LogP contribution in [0.25, 0.3) is 0 Å². The van der Waals surface area contributed by atoms with Crippen LogP contribution in [0.1, 0.15) is 16.2 Å². The van der Waals surface area contributed by atoms with Gasteiger partial charge in [0.15, 0.2) is 12.1 Å². The number of rotatable bonds is 4. The smallest absolute Gasteiger partial charge is 0.356 e. The van der Waals surface area contributed by atoms with Crippen LogP contribution < -0.4 is 4.74 Å². The fourth-order valence-corrected chi connectivity index (χ4v) is 0.958. The molecule has 0 atom stereocenters. The van der Waals surface area contributed by atoms with Gasteiger partial charge >= 0.3 is 5.97 Å². The largest absolute Gasteiger partial charge is 0.476 e. The molecule has 0 aliphatic heterocycles. The Labute approximate surface area is 89.7 Å². The number of carboxylic acids is 1. The molecule has 2 aromatic heterocycles. The summed E-state index contributed by atoms with van der Waals surface area (Å²) < 4.78 is 9.94. The van der Waals surface area contributed by atoms with E-state index in [9.17, 15) is 4.79 Å². The first-order chi connectivity index (χ1) is 7.75. The van der Waals surface area contributed by atoms with Crippen molar-refractivity contribution in [3.63, 3.8) is 0 Å². The lowest BCUT2D eigenvalue weighted by Crippen LogP contribution is -2.03. The predicted molar refractivity (Wildman–Crippen MR) is 49.8 cm³/mol. The molecule has 0 aromatic carbocycles. The van der Waals surface area contributed by atoms with Gasteiger partial charge in [-0.05, 0) is 0 Å². The van der Waals surface area contributed by atoms with E-state index in [0.29, 0.717) is 5.69 Å². The number of aromatic carboxylic acids is 1. The van der Waals surface area contributed by atoms with Crippen LogP contribution in [0.15, 0.2) is 29.5 Å². The maximum absolute atomic E-state index is 10.5. The van der Waals surface area contributed by atoms with E-state index >= 15 is 0 Å². The summed E-state index contributed by atoms with van der Waals surface area (Å²) in [6, 6.07) is 0. The van der Waals surface area contributed by atoms with Crippen LogP contribution in [0.2, 0.25) is 0 Å². The first-order valence-electron chi connectivity index (χ1n) is 4.31. The normalized spacial score (nSPS) is 10.0. The van der Waals surface area contributed by atoms with Gasteiger partial charge in [0.1, 0.15) is 18.6 Å². The van der Waals surface area contributed by atoms with Gasteiger partial charge in [0, 0.05) is 0 Å². The molecule has 2 aromatic rings. The molecule has 0 aliphatic rings. The topological polar surface area (TPSA) is 98.3 Å². The van der Waals surface area contributed by atoms with E-state index in [1.54, 1.807) is 0 Å². The van der Waals surface area contributed by atoms with E-state index in [1.165, 1.54) is 18.9 Å². The molecular formula is C9H7N3O4. The summed E-state index contributed by atoms with van der Waals surface area (Å²) in [4.78, 5) is 21.8. The molecule has 0 unspecified atom stereocenters. The van der Waals surface area contributed by atoms with E-state index in [-0.39, 0.29) is 18.2 Å². The SMILES string of the molecule is O=C(O)c1cnc(OCc2cocn2)cn1. The van der Waals surface area contributed by atoms with Crippen molar-refractivity contribution in [3.05, 3.63) is 36.4 Å². The first-order valence-corrected chi connectivity index (χ1v) is 4.31. The molecule has 0 spiro atoms. The Kier molecular flexibility index (Phi) is 2.77. The molecule has 0 saturated carbocycles. The van der Waals surface area contributed by atoms with Gasteiger partial charge < -0.3 is 14.3 Å². The zero-order valence-corrected chi connectivity index (χ0v) is 8.03. The second-order valence-corrected chi connectivity index (χ2v) is 2.81. The molecule has 0 radical (unpaired) electrons. The molecule has 1 N–H and O–H groups in total. The maximum atomic E-state index is 10.5. The van der Waals surface area contributed by atoms with Crippen LogP contribution in [0.3, 0.4) is 0 Å². The Balaban J connectivity index is 1.98. The van der Waals surface area contributed by atoms with E-state index in [0.717, 1.165) is 6.20 Å². The van der Waals surface area contributed by atoms with E-state index in [1.807, 2.05) is 0 Å². The molecule has 2 rings (SSSR count). The van der Waals surface area contributed by atoms with Gasteiger partial charge in [-0.25, -0.2) is 19.7 Å². The third-order valence-electron chi connectivity index (χ3n) is 1.70. The highest BCUT2D eigenvalue weighted by Crippen LogP contribution is 2.06. The lowest BCUT2D eigenvalue weighted by atomic mass is 10.5. The van der Waals surface area contributed by atoms with Crippen LogP contribution in [-0.4, -0.2) is 26.0 Å². The number of aromatic nitrogens is 3. The fourth-order valence-electron chi connectivity index (χ4n) is 0.958. The number of hydrogen-bond acceptors (Lipinski definition) is 6. The number of carboxylic acid groups (broad SMARTS) is 1. The van der Waals surface area contributed by atoms with Crippen molar-refractivity contribution in [1.29, 1.82) is 0 Å². The molecule has 0 fully saturated rings. The average molecular weight is 221 g/mol. The lowest BCUT2D eigenvalue weighted by molar-refractivity contribution is 0.0689. The quantitative estimate of drug-likeness (QED) is 0.812. The molecule has 7 nitrogen and oxygen atoms in total. The van der Waals surface area contributed by atoms with E-state index < -0.39 is 5.97 Å². The average Bonchev–Trinajstić information content (AvgIpc) is 2.80. The van der Waals surface area contributed by atoms with Crippen LogP contribution in [-0.2, 0) is 6.61 Å². The summed E-state index contributed by atoms with van der Waals surface area (Å²) in [6.45, 7) is 0.192. The minimum absolute atomic E-state index is 0.131. The van der Waals surface area contributed by atoms with Gasteiger partial charge in [-0.1, -0.05) is 0 Å². The van der Waals surface area contributed by atoms with Crippen LogP contribution in [0, 0.1) is 0 Å². The summed E-state index contributed by atoms with van der Waals surface area (Å²) >= 11 is 0. The van der Waals surface area contributed by atoms with Gasteiger partial charge in [-0.3, -0.25) is 0 Å². The van der Waals surface area contributed by atoms with E-state index in [2.05, 4.69) is 15.0 Å². The minimum atomic E-state index is -1.13. The van der Waals surface area contributed by atoms with Crippen LogP contribution in [0.4, 0.5) is 0 Å². The molecule has 16 heavy (non-hydrogen) atoms. The van der Waals surface area contributed by atoms with Crippen molar-refractivity contribution in [2.24, 2.45) is 0 Å². The monoisotopic (exact) mass is 221 g/mol. The summed E-state index contributed by atoms with van der Waals surface area (Å²) in [5.74, 6) is -0.899. The Morgan fingerprint density at radius 2 is 2.25 bits per heavy atom. The standard InChI is InChI=1S/C9H7N3O4/c13-9(14)7-1-11-8(2-10-7)16-4-6-3-15-5-12-6/h1-3,5H,4H2,(H,13,14). The number of hydrogen-bond donors (Lipinski definition) is 1. The Hall–Kier alpha value is -2.44. The zero-order valence-electron chi connectivity index (χ0n) is 8.03. The minimum Gasteiger partial charge on any atom is -0.476 e. The van der Waals surface area contributed by atoms with Gasteiger partial charge in [-0.2, -0.15) is 0 Å². The van der Waals surface area contributed by atoms with Crippen molar-refractivity contribution in [2.75, 3.05) is 0 Å². The molecular weight excluding hydrogens is 214 g/mol. The molecule has 0 aliphatic carbocycles. The number of carbonyl (C=O) groups is 1. The highest BCUT2D eigenvalue weighted by atomic mass is 16.5. The molecule has 0 amide bonds. The molecule has 82 valence electrons. The van der Waals surface area contributed by atoms with Crippen molar-refractivity contribution < 1.29 is 19.1 Å². The van der Waals surface area contributed by atoms with E-state index in [4.69, 9.17) is 14.3 Å². The van der Waals surface area contributed by atoms with Crippen molar-refractivity contribution in [3.8, 4) is 5.88 Å². The predicted octanol–water partition coefficient (Wildman–Crippen LogP) is 0.742. The van der Waals surface area contributed by atoms with Crippen LogP contribution >= 0.6 is 0 Å². The summed E-state index contributed by atoms with van der Waals surface area (Å²) in [5.41, 5.74) is 0.484. The molecule has 0 saturated heterocycles. The number of ether oxygens (including phenoxy) is 1. The highest BCUT2D eigenvalue weighted by Gasteiger charge is 2.05. The Bertz CT molecular complexity index is 466. The second-order valence-electron chi connectivity index (χ2n) is 2.81. The number of nitrogens with zero attached hydrogens (tertiary/aromatic N) is 3. The zero-order chi connectivity index (χ0) is 11.4. The third-order valence-corrected chi connectivity index (χ3v) is 1.70. The van der Waals surface area contributed by atoms with Crippen LogP contribution in [0.5, 0.6) is 5.88 Å². The van der Waals surface area contributed by atoms with Gasteiger partial charge in [0.05, 0.1) is 12.4 Å². The van der Waals surface area contributed by atoms with Crippen molar-refractivity contribution >= 4 is 5.97 Å². The molecule has 2 heterocycles. The van der Waals surface area contributed by atoms with Gasteiger partial charge in [0.2, 0.25) is 5.88 Å². The summed E-state index contributed by atoms with van der Waals surface area (Å²) in [6.07, 6.45) is 5.10. The summed E-state index contributed by atoms with van der Waals surface area (Å²) in [5, 5.41) is 8.59. The Morgan fingerprint density at radius 3 is 2.81 bits per heavy atom. The third kappa shape index (κ3) is 2.32. The van der Waals surface area contributed by atoms with Crippen molar-refractivity contribution in [2.45, 2.75) is 6.61 Å². The van der Waals surface area contributed by atoms with Crippen molar-refractivity contribution in [1.82, 2.24) is 15.0 Å². The lowest BCUT2D eigenvalue weighted by Gasteiger charge is -2.01. The molecule has 7 heteroatoms. The number of oxazole rings is 1. The second kappa shape index (κ2) is 4.39. The maximum Gasteiger partial charge on any atom is 0.356 e. The highest BCUT2D eigenvalue weighted by molar-refractivity contribution is 5.84. The first kappa shape index (κ1) is 10.1. The Morgan fingerprint density at radius 1 is 1.38 bits per heavy atom. The summed E-state index contributed by atoms with van der Waals surface area (Å²) in [7, 11) is 0. The fraction of sp³-hybridized carbons (Fsp3) is 0.111. The van der Waals surface area contributed by atoms with Gasteiger partial charge in [0.25, 0.3) is 0 Å².